The lowest BCUT2D eigenvalue weighted by atomic mass is 10.1. The molecule has 6 heteroatoms. The largest absolute Gasteiger partial charge is 0.326 e. The van der Waals surface area contributed by atoms with E-state index >= 15 is 0 Å². The molecule has 0 aliphatic rings. The smallest absolute Gasteiger partial charge is 0.240 e. The molecule has 1 aromatic carbocycles. The Morgan fingerprint density at radius 3 is 2.45 bits per heavy atom. The molecule has 5 nitrogen and oxygen atoms in total. The van der Waals surface area contributed by atoms with Crippen molar-refractivity contribution in [2.24, 2.45) is 5.73 Å². The molecule has 114 valence electrons. The summed E-state index contributed by atoms with van der Waals surface area (Å²) in [5, 5.41) is 0. The lowest BCUT2D eigenvalue weighted by molar-refractivity contribution is 0.309. The Morgan fingerprint density at radius 1 is 1.25 bits per heavy atom. The van der Waals surface area contributed by atoms with Gasteiger partial charge in [0.15, 0.2) is 0 Å². The molecule has 0 heterocycles. The normalized spacial score (nSPS) is 12.1. The van der Waals surface area contributed by atoms with E-state index in [4.69, 9.17) is 5.73 Å². The average molecular weight is 299 g/mol. The molecule has 0 amide bonds. The van der Waals surface area contributed by atoms with Crippen molar-refractivity contribution >= 4 is 10.0 Å². The summed E-state index contributed by atoms with van der Waals surface area (Å²) in [4.78, 5) is 2.49. The second-order valence-corrected chi connectivity index (χ2v) is 6.40. The quantitative estimate of drug-likeness (QED) is 0.753. The van der Waals surface area contributed by atoms with E-state index in [1.807, 2.05) is 6.07 Å². The van der Waals surface area contributed by atoms with E-state index in [9.17, 15) is 8.42 Å². The third-order valence-corrected chi connectivity index (χ3v) is 5.13. The lowest BCUT2D eigenvalue weighted by Gasteiger charge is -2.18. The van der Waals surface area contributed by atoms with Gasteiger partial charge in [-0.15, -0.1) is 0 Å². The van der Waals surface area contributed by atoms with Crippen molar-refractivity contribution < 1.29 is 8.42 Å². The van der Waals surface area contributed by atoms with Crippen LogP contribution in [0.1, 0.15) is 25.0 Å². The molecule has 1 rings (SSSR count). The van der Waals surface area contributed by atoms with Crippen molar-refractivity contribution in [3.05, 3.63) is 29.3 Å². The van der Waals surface area contributed by atoms with E-state index < -0.39 is 10.0 Å². The van der Waals surface area contributed by atoms with Gasteiger partial charge in [-0.3, -0.25) is 0 Å². The first kappa shape index (κ1) is 17.1. The van der Waals surface area contributed by atoms with Gasteiger partial charge < -0.3 is 10.6 Å². The van der Waals surface area contributed by atoms with Crippen molar-refractivity contribution in [1.29, 1.82) is 0 Å². The zero-order valence-electron chi connectivity index (χ0n) is 12.5. The van der Waals surface area contributed by atoms with Gasteiger partial charge in [-0.1, -0.05) is 26.0 Å². The maximum Gasteiger partial charge on any atom is 0.240 e. The van der Waals surface area contributed by atoms with Crippen LogP contribution < -0.4 is 10.5 Å². The van der Waals surface area contributed by atoms with Crippen molar-refractivity contribution in [3.63, 3.8) is 0 Å². The van der Waals surface area contributed by atoms with Crippen LogP contribution in [0.25, 0.3) is 0 Å². The SMILES string of the molecule is CCN(CC)CCNS(=O)(=O)c1cccc(CN)c1C. The van der Waals surface area contributed by atoms with Crippen LogP contribution in [0.2, 0.25) is 0 Å². The van der Waals surface area contributed by atoms with Crippen molar-refractivity contribution in [3.8, 4) is 0 Å². The Hall–Kier alpha value is -0.950. The first-order chi connectivity index (χ1) is 9.46. The van der Waals surface area contributed by atoms with Crippen LogP contribution in [-0.4, -0.2) is 39.5 Å². The molecule has 0 spiro atoms. The molecule has 20 heavy (non-hydrogen) atoms. The number of sulfonamides is 1. The number of hydrogen-bond donors (Lipinski definition) is 2. The molecule has 0 radical (unpaired) electrons. The van der Waals surface area contributed by atoms with Crippen molar-refractivity contribution in [2.45, 2.75) is 32.2 Å². The minimum atomic E-state index is -3.47. The molecular formula is C14H25N3O2S. The highest BCUT2D eigenvalue weighted by atomic mass is 32.2. The lowest BCUT2D eigenvalue weighted by Crippen LogP contribution is -2.35. The van der Waals surface area contributed by atoms with Crippen molar-refractivity contribution in [2.75, 3.05) is 26.2 Å². The predicted octanol–water partition coefficient (Wildman–Crippen LogP) is 1.07. The zero-order valence-corrected chi connectivity index (χ0v) is 13.3. The number of rotatable bonds is 8. The molecule has 0 atom stereocenters. The highest BCUT2D eigenvalue weighted by Crippen LogP contribution is 2.18. The standard InChI is InChI=1S/C14H25N3O2S/c1-4-17(5-2)10-9-16-20(18,19)14-8-6-7-13(11-15)12(14)3/h6-8,16H,4-5,9-11,15H2,1-3H3. The molecule has 0 fully saturated rings. The van der Waals surface area contributed by atoms with Crippen LogP contribution in [0.15, 0.2) is 23.1 Å². The summed E-state index contributed by atoms with van der Waals surface area (Å²) in [7, 11) is -3.47. The summed E-state index contributed by atoms with van der Waals surface area (Å²) < 4.78 is 27.3. The van der Waals surface area contributed by atoms with Crippen LogP contribution in [-0.2, 0) is 16.6 Å². The summed E-state index contributed by atoms with van der Waals surface area (Å²) in [5.41, 5.74) is 7.20. The molecule has 0 aliphatic heterocycles. The predicted molar refractivity (Wildman–Crippen MR) is 82.0 cm³/mol. The summed E-state index contributed by atoms with van der Waals surface area (Å²) >= 11 is 0. The number of nitrogens with one attached hydrogen (secondary N) is 1. The maximum absolute atomic E-state index is 12.3. The molecular weight excluding hydrogens is 274 g/mol. The van der Waals surface area contributed by atoms with E-state index in [1.165, 1.54) is 0 Å². The van der Waals surface area contributed by atoms with Gasteiger partial charge in [0.05, 0.1) is 4.90 Å². The first-order valence-corrected chi connectivity index (χ1v) is 8.45. The fourth-order valence-electron chi connectivity index (χ4n) is 2.13. The van der Waals surface area contributed by atoms with E-state index in [0.29, 0.717) is 24.5 Å². The third kappa shape index (κ3) is 4.28. The summed E-state index contributed by atoms with van der Waals surface area (Å²) in [6, 6.07) is 5.20. The Morgan fingerprint density at radius 2 is 1.90 bits per heavy atom. The van der Waals surface area contributed by atoms with Gasteiger partial charge in [0.2, 0.25) is 10.0 Å². The number of benzene rings is 1. The average Bonchev–Trinajstić information content (AvgIpc) is 2.43. The van der Waals surface area contributed by atoms with Gasteiger partial charge in [-0.2, -0.15) is 0 Å². The summed E-state index contributed by atoms with van der Waals surface area (Å²) in [5.74, 6) is 0. The van der Waals surface area contributed by atoms with E-state index in [-0.39, 0.29) is 0 Å². The summed E-state index contributed by atoms with van der Waals surface area (Å²) in [6.45, 7) is 9.22. The highest BCUT2D eigenvalue weighted by Gasteiger charge is 2.17. The van der Waals surface area contributed by atoms with Crippen LogP contribution in [0.4, 0.5) is 0 Å². The van der Waals surface area contributed by atoms with Crippen molar-refractivity contribution in [1.82, 2.24) is 9.62 Å². The Balaban J connectivity index is 2.79. The number of nitrogens with two attached hydrogens (primary N) is 1. The molecule has 0 unspecified atom stereocenters. The van der Waals surface area contributed by atoms with Crippen LogP contribution in [0.3, 0.4) is 0 Å². The van der Waals surface area contributed by atoms with Gasteiger partial charge in [-0.05, 0) is 37.2 Å². The topological polar surface area (TPSA) is 75.4 Å². The fraction of sp³-hybridized carbons (Fsp3) is 0.571. The van der Waals surface area contributed by atoms with E-state index in [1.54, 1.807) is 19.1 Å². The van der Waals surface area contributed by atoms with Crippen LogP contribution in [0, 0.1) is 6.92 Å². The Labute approximate surface area is 122 Å². The molecule has 0 saturated carbocycles. The third-order valence-electron chi connectivity index (χ3n) is 3.52. The minimum Gasteiger partial charge on any atom is -0.326 e. The molecule has 0 bridgehead atoms. The maximum atomic E-state index is 12.3. The van der Waals surface area contributed by atoms with E-state index in [2.05, 4.69) is 23.5 Å². The highest BCUT2D eigenvalue weighted by molar-refractivity contribution is 7.89. The minimum absolute atomic E-state index is 0.319. The van der Waals surface area contributed by atoms with Gasteiger partial charge >= 0.3 is 0 Å². The Bertz CT molecular complexity index is 525. The zero-order chi connectivity index (χ0) is 15.2. The fourth-order valence-corrected chi connectivity index (χ4v) is 3.44. The van der Waals surface area contributed by atoms with Gasteiger partial charge in [-0.25, -0.2) is 13.1 Å². The molecule has 0 aliphatic carbocycles. The Kier molecular flexibility index (Phi) is 6.61. The molecule has 3 N–H and O–H groups in total. The van der Waals surface area contributed by atoms with E-state index in [0.717, 1.165) is 24.2 Å². The number of nitrogens with zero attached hydrogens (tertiary/aromatic N) is 1. The van der Waals surface area contributed by atoms with Gasteiger partial charge in [0, 0.05) is 19.6 Å². The second kappa shape index (κ2) is 7.73. The molecule has 0 aromatic heterocycles. The number of likely N-dealkylation sites (N-methyl/N-ethyl adjacent to an activating group) is 1. The summed E-state index contributed by atoms with van der Waals surface area (Å²) in [6.07, 6.45) is 0. The number of hydrogen-bond acceptors (Lipinski definition) is 4. The van der Waals surface area contributed by atoms with Crippen LogP contribution >= 0.6 is 0 Å². The van der Waals surface area contributed by atoms with Gasteiger partial charge in [0.25, 0.3) is 0 Å². The second-order valence-electron chi connectivity index (χ2n) is 4.67. The molecule has 0 saturated heterocycles. The monoisotopic (exact) mass is 299 g/mol. The van der Waals surface area contributed by atoms with Crippen LogP contribution in [0.5, 0.6) is 0 Å². The first-order valence-electron chi connectivity index (χ1n) is 6.96. The van der Waals surface area contributed by atoms with Gasteiger partial charge in [0.1, 0.15) is 0 Å². The molecule has 1 aromatic rings.